The van der Waals surface area contributed by atoms with Crippen LogP contribution in [0.25, 0.3) is 0 Å². The van der Waals surface area contributed by atoms with Crippen molar-refractivity contribution >= 4 is 12.2 Å². The highest BCUT2D eigenvalue weighted by molar-refractivity contribution is 5.77. The van der Waals surface area contributed by atoms with E-state index in [0.717, 1.165) is 10.5 Å². The quantitative estimate of drug-likeness (QED) is 0.647. The van der Waals surface area contributed by atoms with Crippen LogP contribution in [0.4, 0.5) is 5.95 Å². The molecule has 72 valence electrons. The molecule has 2 aromatic rings. The Kier molecular flexibility index (Phi) is 1.98. The fourth-order valence-electron chi connectivity index (χ4n) is 0.994. The largest absolute Gasteiger partial charge is 0.365 e. The number of anilines is 1. The molecule has 0 spiro atoms. The molecule has 0 amide bonds. The molecule has 0 saturated heterocycles. The first-order chi connectivity index (χ1) is 6.77. The Hall–Kier alpha value is -2.18. The second kappa shape index (κ2) is 3.29. The smallest absolute Gasteiger partial charge is 0.263 e. The fourth-order valence-corrected chi connectivity index (χ4v) is 0.994. The Bertz CT molecular complexity index is 410. The first-order valence-corrected chi connectivity index (χ1v) is 3.97. The summed E-state index contributed by atoms with van der Waals surface area (Å²) in [5.74, 6) is 0.162. The van der Waals surface area contributed by atoms with Gasteiger partial charge in [0.05, 0.1) is 11.9 Å². The van der Waals surface area contributed by atoms with E-state index in [1.54, 1.807) is 6.21 Å². The van der Waals surface area contributed by atoms with Crippen LogP contribution in [-0.4, -0.2) is 31.1 Å². The normalized spacial score (nSPS) is 11.2. The molecule has 0 radical (unpaired) electrons. The lowest BCUT2D eigenvalue weighted by Crippen LogP contribution is -2.01. The van der Waals surface area contributed by atoms with Crippen molar-refractivity contribution in [2.45, 2.75) is 0 Å². The molecular weight excluding hydrogens is 182 g/mol. The summed E-state index contributed by atoms with van der Waals surface area (Å²) < 4.78 is 1.92. The van der Waals surface area contributed by atoms with Gasteiger partial charge in [0.1, 0.15) is 0 Å². The number of hydrogen-bond acceptors (Lipinski definition) is 5. The third-order valence-electron chi connectivity index (χ3n) is 1.76. The van der Waals surface area contributed by atoms with Gasteiger partial charge in [-0.05, 0) is 22.6 Å². The molecule has 14 heavy (non-hydrogen) atoms. The van der Waals surface area contributed by atoms with Crippen molar-refractivity contribution in [2.24, 2.45) is 12.1 Å². The summed E-state index contributed by atoms with van der Waals surface area (Å²) >= 11 is 0. The molecule has 0 aromatic carbocycles. The molecule has 2 aromatic heterocycles. The standard InChI is InChI=1S/C7H9N7/c1-13-4-2-3-6(13)5-9-14-7(8)10-11-12-14/h2-5H,1H3,(H2,8,10,12)/b9-5+. The van der Waals surface area contributed by atoms with E-state index >= 15 is 0 Å². The molecule has 0 atom stereocenters. The van der Waals surface area contributed by atoms with E-state index in [2.05, 4.69) is 20.6 Å². The topological polar surface area (TPSA) is 86.9 Å². The molecule has 0 aliphatic rings. The maximum atomic E-state index is 5.42. The van der Waals surface area contributed by atoms with E-state index in [4.69, 9.17) is 5.73 Å². The first-order valence-electron chi connectivity index (χ1n) is 3.97. The summed E-state index contributed by atoms with van der Waals surface area (Å²) in [6.45, 7) is 0. The lowest BCUT2D eigenvalue weighted by molar-refractivity contribution is 0.698. The Morgan fingerprint density at radius 3 is 3.00 bits per heavy atom. The summed E-state index contributed by atoms with van der Waals surface area (Å²) in [4.78, 5) is 1.16. The number of nitrogens with two attached hydrogens (primary N) is 1. The van der Waals surface area contributed by atoms with Crippen LogP contribution in [-0.2, 0) is 7.05 Å². The van der Waals surface area contributed by atoms with Crippen molar-refractivity contribution < 1.29 is 0 Å². The fraction of sp³-hybridized carbons (Fsp3) is 0.143. The van der Waals surface area contributed by atoms with Gasteiger partial charge in [-0.1, -0.05) is 9.89 Å². The van der Waals surface area contributed by atoms with Gasteiger partial charge in [0, 0.05) is 13.2 Å². The zero-order valence-corrected chi connectivity index (χ0v) is 7.57. The van der Waals surface area contributed by atoms with E-state index in [0.29, 0.717) is 0 Å². The summed E-state index contributed by atoms with van der Waals surface area (Å²) in [6.07, 6.45) is 3.55. The van der Waals surface area contributed by atoms with E-state index in [1.165, 1.54) is 0 Å². The van der Waals surface area contributed by atoms with Gasteiger partial charge >= 0.3 is 0 Å². The van der Waals surface area contributed by atoms with E-state index in [-0.39, 0.29) is 5.95 Å². The number of aryl methyl sites for hydroxylation is 1. The SMILES string of the molecule is Cn1cccc1/C=N/n1nnnc1N. The molecule has 0 unspecified atom stereocenters. The van der Waals surface area contributed by atoms with Crippen molar-refractivity contribution in [1.82, 2.24) is 24.9 Å². The monoisotopic (exact) mass is 191 g/mol. The maximum Gasteiger partial charge on any atom is 0.263 e. The van der Waals surface area contributed by atoms with Gasteiger partial charge in [-0.25, -0.2) is 0 Å². The predicted octanol–water partition coefficient (Wildman–Crippen LogP) is -0.524. The third kappa shape index (κ3) is 1.47. The van der Waals surface area contributed by atoms with E-state index < -0.39 is 0 Å². The van der Waals surface area contributed by atoms with Crippen LogP contribution >= 0.6 is 0 Å². The zero-order valence-electron chi connectivity index (χ0n) is 7.57. The number of nitrogen functional groups attached to an aromatic ring is 1. The Labute approximate surface area is 79.8 Å². The molecule has 0 bridgehead atoms. The van der Waals surface area contributed by atoms with Gasteiger partial charge < -0.3 is 10.3 Å². The van der Waals surface area contributed by atoms with Gasteiger partial charge in [-0.2, -0.15) is 5.10 Å². The van der Waals surface area contributed by atoms with Crippen LogP contribution in [0.3, 0.4) is 0 Å². The number of tetrazole rings is 1. The van der Waals surface area contributed by atoms with Crippen LogP contribution in [0.1, 0.15) is 5.69 Å². The van der Waals surface area contributed by atoms with Gasteiger partial charge in [0.15, 0.2) is 0 Å². The number of nitrogens with zero attached hydrogens (tertiary/aromatic N) is 6. The van der Waals surface area contributed by atoms with Gasteiger partial charge in [-0.3, -0.25) is 0 Å². The van der Waals surface area contributed by atoms with Crippen molar-refractivity contribution in [1.29, 1.82) is 0 Å². The number of rotatable bonds is 2. The summed E-state index contributed by atoms with van der Waals surface area (Å²) in [5.41, 5.74) is 6.37. The highest BCUT2D eigenvalue weighted by atomic mass is 15.7. The lowest BCUT2D eigenvalue weighted by atomic mass is 10.5. The molecule has 0 aliphatic heterocycles. The predicted molar refractivity (Wildman–Crippen MR) is 50.6 cm³/mol. The molecule has 2 rings (SSSR count). The molecule has 7 nitrogen and oxygen atoms in total. The first kappa shape index (κ1) is 8.42. The van der Waals surface area contributed by atoms with Crippen LogP contribution in [0.2, 0.25) is 0 Å². The Balaban J connectivity index is 2.23. The third-order valence-corrected chi connectivity index (χ3v) is 1.76. The van der Waals surface area contributed by atoms with Gasteiger partial charge in [-0.15, -0.1) is 0 Å². The van der Waals surface area contributed by atoms with Crippen molar-refractivity contribution in [3.8, 4) is 0 Å². The molecule has 7 heteroatoms. The summed E-state index contributed by atoms with van der Waals surface area (Å²) in [7, 11) is 1.92. The highest BCUT2D eigenvalue weighted by Crippen LogP contribution is 1.96. The van der Waals surface area contributed by atoms with Crippen LogP contribution < -0.4 is 5.73 Å². The van der Waals surface area contributed by atoms with Gasteiger partial charge in [0.25, 0.3) is 5.95 Å². The molecule has 0 fully saturated rings. The average Bonchev–Trinajstić information content (AvgIpc) is 2.72. The van der Waals surface area contributed by atoms with Gasteiger partial charge in [0.2, 0.25) is 0 Å². The van der Waals surface area contributed by atoms with Crippen LogP contribution in [0.5, 0.6) is 0 Å². The zero-order chi connectivity index (χ0) is 9.97. The Morgan fingerprint density at radius 2 is 2.43 bits per heavy atom. The Morgan fingerprint density at radius 1 is 1.57 bits per heavy atom. The molecule has 0 saturated carbocycles. The minimum absolute atomic E-state index is 0.162. The summed E-state index contributed by atoms with van der Waals surface area (Å²) in [5, 5.41) is 14.4. The number of hydrogen-bond donors (Lipinski definition) is 1. The minimum atomic E-state index is 0.162. The number of aromatic nitrogens is 5. The summed E-state index contributed by atoms with van der Waals surface area (Å²) in [6, 6.07) is 3.84. The van der Waals surface area contributed by atoms with Crippen molar-refractivity contribution in [3.05, 3.63) is 24.0 Å². The maximum absolute atomic E-state index is 5.42. The molecular formula is C7H9N7. The average molecular weight is 191 g/mol. The molecule has 2 N–H and O–H groups in total. The minimum Gasteiger partial charge on any atom is -0.365 e. The molecule has 0 aliphatic carbocycles. The van der Waals surface area contributed by atoms with Crippen molar-refractivity contribution in [2.75, 3.05) is 5.73 Å². The van der Waals surface area contributed by atoms with Crippen molar-refractivity contribution in [3.63, 3.8) is 0 Å². The molecule has 2 heterocycles. The van der Waals surface area contributed by atoms with Crippen LogP contribution in [0.15, 0.2) is 23.4 Å². The van der Waals surface area contributed by atoms with E-state index in [1.807, 2.05) is 29.9 Å². The highest BCUT2D eigenvalue weighted by Gasteiger charge is 1.97. The second-order valence-electron chi connectivity index (χ2n) is 2.72. The second-order valence-corrected chi connectivity index (χ2v) is 2.72. The van der Waals surface area contributed by atoms with E-state index in [9.17, 15) is 0 Å². The lowest BCUT2D eigenvalue weighted by Gasteiger charge is -1.94. The van der Waals surface area contributed by atoms with Crippen LogP contribution in [0, 0.1) is 0 Å².